The fourth-order valence-corrected chi connectivity index (χ4v) is 3.36. The molecule has 0 radical (unpaired) electrons. The first-order valence-corrected chi connectivity index (χ1v) is 10.7. The third-order valence-corrected chi connectivity index (χ3v) is 5.15. The van der Waals surface area contributed by atoms with Crippen molar-refractivity contribution in [3.63, 3.8) is 0 Å². The molecule has 30 heavy (non-hydrogen) atoms. The fraction of sp³-hybridized carbons (Fsp3) is 0.364. The zero-order valence-electron chi connectivity index (χ0n) is 17.1. The molecule has 0 aliphatic carbocycles. The second kappa shape index (κ2) is 11.3. The molecular formula is C22H25BrClFN2O3. The normalized spacial score (nSPS) is 11.8. The molecule has 0 heterocycles. The molecule has 5 nitrogen and oxygen atoms in total. The van der Waals surface area contributed by atoms with Crippen LogP contribution in [0.5, 0.6) is 5.75 Å². The Morgan fingerprint density at radius 1 is 1.17 bits per heavy atom. The highest BCUT2D eigenvalue weighted by atomic mass is 79.9. The Kier molecular flexibility index (Phi) is 9.11. The third-order valence-electron chi connectivity index (χ3n) is 4.36. The predicted molar refractivity (Wildman–Crippen MR) is 119 cm³/mol. The lowest BCUT2D eigenvalue weighted by atomic mass is 10.1. The summed E-state index contributed by atoms with van der Waals surface area (Å²) in [5.41, 5.74) is 0.704. The van der Waals surface area contributed by atoms with Crippen LogP contribution in [-0.2, 0) is 16.1 Å². The van der Waals surface area contributed by atoms with E-state index in [0.29, 0.717) is 22.9 Å². The van der Waals surface area contributed by atoms with Crippen molar-refractivity contribution in [2.45, 2.75) is 33.4 Å². The number of nitrogens with one attached hydrogen (secondary N) is 1. The maximum Gasteiger partial charge on any atom is 0.261 e. The molecule has 2 aromatic rings. The van der Waals surface area contributed by atoms with Gasteiger partial charge < -0.3 is 15.0 Å². The summed E-state index contributed by atoms with van der Waals surface area (Å²) in [7, 11) is 0. The van der Waals surface area contributed by atoms with Crippen LogP contribution in [-0.4, -0.2) is 35.9 Å². The fourth-order valence-electron chi connectivity index (χ4n) is 2.64. The van der Waals surface area contributed by atoms with Crippen molar-refractivity contribution < 1.29 is 18.7 Å². The molecule has 0 unspecified atom stereocenters. The Balaban J connectivity index is 2.14. The number of hydrogen-bond donors (Lipinski definition) is 1. The number of carbonyl (C=O) groups excluding carboxylic acids is 2. The first kappa shape index (κ1) is 24.2. The first-order valence-electron chi connectivity index (χ1n) is 9.57. The van der Waals surface area contributed by atoms with E-state index < -0.39 is 6.04 Å². The topological polar surface area (TPSA) is 58.6 Å². The SMILES string of the molecule is CC(C)CNC(=O)[C@@H](C)N(Cc1ccc(F)cc1)C(=O)COc1ccc(Br)cc1Cl. The van der Waals surface area contributed by atoms with Gasteiger partial charge in [0.25, 0.3) is 5.91 Å². The number of ether oxygens (including phenoxy) is 1. The number of hydrogen-bond acceptors (Lipinski definition) is 3. The van der Waals surface area contributed by atoms with Crippen molar-refractivity contribution in [3.05, 3.63) is 63.3 Å². The third kappa shape index (κ3) is 7.29. The molecule has 0 saturated carbocycles. The summed E-state index contributed by atoms with van der Waals surface area (Å²) in [6.07, 6.45) is 0. The molecular weight excluding hydrogens is 475 g/mol. The van der Waals surface area contributed by atoms with Gasteiger partial charge in [0.15, 0.2) is 6.61 Å². The van der Waals surface area contributed by atoms with Crippen LogP contribution in [0, 0.1) is 11.7 Å². The summed E-state index contributed by atoms with van der Waals surface area (Å²) in [5.74, 6) is -0.365. The molecule has 0 aliphatic heterocycles. The van der Waals surface area contributed by atoms with Gasteiger partial charge >= 0.3 is 0 Å². The zero-order chi connectivity index (χ0) is 22.3. The van der Waals surface area contributed by atoms with Gasteiger partial charge in [-0.2, -0.15) is 0 Å². The zero-order valence-corrected chi connectivity index (χ0v) is 19.5. The molecule has 0 saturated heterocycles. The highest BCUT2D eigenvalue weighted by molar-refractivity contribution is 9.10. The van der Waals surface area contributed by atoms with E-state index in [-0.39, 0.29) is 36.7 Å². The van der Waals surface area contributed by atoms with E-state index in [0.717, 1.165) is 4.47 Å². The lowest BCUT2D eigenvalue weighted by Crippen LogP contribution is -2.49. The van der Waals surface area contributed by atoms with Gasteiger partial charge in [-0.1, -0.05) is 53.5 Å². The van der Waals surface area contributed by atoms with Gasteiger partial charge in [-0.05, 0) is 48.7 Å². The molecule has 2 aromatic carbocycles. The monoisotopic (exact) mass is 498 g/mol. The van der Waals surface area contributed by atoms with E-state index in [1.165, 1.54) is 17.0 Å². The number of rotatable bonds is 9. The van der Waals surface area contributed by atoms with E-state index in [9.17, 15) is 14.0 Å². The average Bonchev–Trinajstić information content (AvgIpc) is 2.70. The van der Waals surface area contributed by atoms with Crippen LogP contribution in [0.15, 0.2) is 46.9 Å². The van der Waals surface area contributed by atoms with Crippen molar-refractivity contribution in [3.8, 4) is 5.75 Å². The standard InChI is InChI=1S/C22H25BrClFN2O3/c1-14(2)11-26-22(29)15(3)27(12-16-4-7-18(25)8-5-16)21(28)13-30-20-9-6-17(23)10-19(20)24/h4-10,14-15H,11-13H2,1-3H3,(H,26,29)/t15-/m1/s1. The number of nitrogens with zero attached hydrogens (tertiary/aromatic N) is 1. The lowest BCUT2D eigenvalue weighted by Gasteiger charge is -2.29. The molecule has 1 N–H and O–H groups in total. The van der Waals surface area contributed by atoms with Gasteiger partial charge in [0.1, 0.15) is 17.6 Å². The summed E-state index contributed by atoms with van der Waals surface area (Å²) < 4.78 is 19.6. The minimum atomic E-state index is -0.731. The molecule has 0 aromatic heterocycles. The van der Waals surface area contributed by atoms with E-state index >= 15 is 0 Å². The minimum absolute atomic E-state index is 0.146. The number of carbonyl (C=O) groups is 2. The lowest BCUT2D eigenvalue weighted by molar-refractivity contribution is -0.142. The Morgan fingerprint density at radius 2 is 1.83 bits per heavy atom. The van der Waals surface area contributed by atoms with E-state index in [4.69, 9.17) is 16.3 Å². The summed E-state index contributed by atoms with van der Waals surface area (Å²) in [6.45, 7) is 6.00. The summed E-state index contributed by atoms with van der Waals surface area (Å²) in [6, 6.07) is 10.2. The maximum atomic E-state index is 13.2. The van der Waals surface area contributed by atoms with Crippen LogP contribution in [0.3, 0.4) is 0 Å². The second-order valence-electron chi connectivity index (χ2n) is 7.33. The maximum absolute atomic E-state index is 13.2. The molecule has 0 spiro atoms. The number of halogens is 3. The van der Waals surface area contributed by atoms with Gasteiger partial charge in [0.2, 0.25) is 5.91 Å². The molecule has 162 valence electrons. The molecule has 0 aliphatic rings. The molecule has 1 atom stereocenters. The largest absolute Gasteiger partial charge is 0.482 e. The molecule has 8 heteroatoms. The Hall–Kier alpha value is -2.12. The van der Waals surface area contributed by atoms with Crippen molar-refractivity contribution in [1.29, 1.82) is 0 Å². The quantitative estimate of drug-likeness (QED) is 0.539. The summed E-state index contributed by atoms with van der Waals surface area (Å²) >= 11 is 9.46. The van der Waals surface area contributed by atoms with Crippen LogP contribution < -0.4 is 10.1 Å². The molecule has 0 fully saturated rings. The average molecular weight is 500 g/mol. The Morgan fingerprint density at radius 3 is 2.43 bits per heavy atom. The summed E-state index contributed by atoms with van der Waals surface area (Å²) in [5, 5.41) is 3.21. The highest BCUT2D eigenvalue weighted by Gasteiger charge is 2.26. The van der Waals surface area contributed by atoms with Crippen LogP contribution in [0.4, 0.5) is 4.39 Å². The van der Waals surface area contributed by atoms with Crippen molar-refractivity contribution in [2.24, 2.45) is 5.92 Å². The van der Waals surface area contributed by atoms with E-state index in [1.54, 1.807) is 37.3 Å². The van der Waals surface area contributed by atoms with Gasteiger partial charge in [-0.3, -0.25) is 9.59 Å². The van der Waals surface area contributed by atoms with Gasteiger partial charge in [0, 0.05) is 17.6 Å². The predicted octanol–water partition coefficient (Wildman–Crippen LogP) is 4.81. The first-order chi connectivity index (χ1) is 14.2. The Labute approximate surface area is 189 Å². The smallest absolute Gasteiger partial charge is 0.261 e. The van der Waals surface area contributed by atoms with E-state index in [1.807, 2.05) is 13.8 Å². The highest BCUT2D eigenvalue weighted by Crippen LogP contribution is 2.27. The van der Waals surface area contributed by atoms with Crippen molar-refractivity contribution in [2.75, 3.05) is 13.2 Å². The number of benzene rings is 2. The van der Waals surface area contributed by atoms with E-state index in [2.05, 4.69) is 21.2 Å². The minimum Gasteiger partial charge on any atom is -0.482 e. The molecule has 2 rings (SSSR count). The summed E-state index contributed by atoms with van der Waals surface area (Å²) in [4.78, 5) is 26.9. The van der Waals surface area contributed by atoms with Crippen LogP contribution in [0.1, 0.15) is 26.3 Å². The van der Waals surface area contributed by atoms with Gasteiger partial charge in [-0.25, -0.2) is 4.39 Å². The van der Waals surface area contributed by atoms with Gasteiger partial charge in [-0.15, -0.1) is 0 Å². The Bertz CT molecular complexity index is 877. The molecule has 0 bridgehead atoms. The van der Waals surface area contributed by atoms with Crippen LogP contribution in [0.25, 0.3) is 0 Å². The number of amides is 2. The van der Waals surface area contributed by atoms with Crippen LogP contribution >= 0.6 is 27.5 Å². The van der Waals surface area contributed by atoms with Crippen molar-refractivity contribution >= 4 is 39.3 Å². The molecule has 2 amide bonds. The second-order valence-corrected chi connectivity index (χ2v) is 8.65. The van der Waals surface area contributed by atoms with Crippen LogP contribution in [0.2, 0.25) is 5.02 Å². The van der Waals surface area contributed by atoms with Crippen molar-refractivity contribution in [1.82, 2.24) is 10.2 Å². The van der Waals surface area contributed by atoms with Gasteiger partial charge in [0.05, 0.1) is 5.02 Å².